The molecule has 2 nitrogen and oxygen atoms in total. The van der Waals surface area contributed by atoms with E-state index in [-0.39, 0.29) is 24.8 Å². The van der Waals surface area contributed by atoms with Gasteiger partial charge in [-0.3, -0.25) is 0 Å². The van der Waals surface area contributed by atoms with E-state index in [1.165, 1.54) is 42.7 Å². The van der Waals surface area contributed by atoms with E-state index in [0.29, 0.717) is 6.54 Å². The maximum absolute atomic E-state index is 5.69. The van der Waals surface area contributed by atoms with Crippen molar-refractivity contribution in [3.05, 3.63) is 29.3 Å². The number of piperidine rings is 1. The van der Waals surface area contributed by atoms with Crippen molar-refractivity contribution in [2.75, 3.05) is 18.0 Å². The van der Waals surface area contributed by atoms with Crippen LogP contribution < -0.4 is 10.6 Å². The first-order chi connectivity index (χ1) is 7.70. The molecule has 1 aromatic carbocycles. The van der Waals surface area contributed by atoms with E-state index >= 15 is 0 Å². The Balaban J connectivity index is 0.00000144. The summed E-state index contributed by atoms with van der Waals surface area (Å²) in [5.41, 5.74) is 9.63. The lowest BCUT2D eigenvalue weighted by atomic mass is 9.99. The average Bonchev–Trinajstić information content (AvgIpc) is 2.29. The molecule has 0 spiro atoms. The van der Waals surface area contributed by atoms with Gasteiger partial charge in [0.1, 0.15) is 0 Å². The SMILES string of the molecule is Cc1cc(N2CCCC(C)C2)ccc1CN.Cl.Cl. The Kier molecular flexibility index (Phi) is 7.69. The monoisotopic (exact) mass is 290 g/mol. The fourth-order valence-corrected chi connectivity index (χ4v) is 2.53. The van der Waals surface area contributed by atoms with Gasteiger partial charge in [-0.2, -0.15) is 0 Å². The van der Waals surface area contributed by atoms with E-state index in [4.69, 9.17) is 5.73 Å². The number of benzene rings is 1. The summed E-state index contributed by atoms with van der Waals surface area (Å²) in [5, 5.41) is 0. The van der Waals surface area contributed by atoms with E-state index in [2.05, 4.69) is 36.9 Å². The first-order valence-corrected chi connectivity index (χ1v) is 6.25. The van der Waals surface area contributed by atoms with Gasteiger partial charge < -0.3 is 10.6 Å². The molecular formula is C14H24Cl2N2. The largest absolute Gasteiger partial charge is 0.371 e. The molecule has 1 aliphatic rings. The van der Waals surface area contributed by atoms with Gasteiger partial charge in [0.2, 0.25) is 0 Å². The molecule has 0 aromatic heterocycles. The van der Waals surface area contributed by atoms with Gasteiger partial charge in [-0.15, -0.1) is 24.8 Å². The number of hydrogen-bond acceptors (Lipinski definition) is 2. The number of aryl methyl sites for hydroxylation is 1. The Morgan fingerprint density at radius 3 is 2.61 bits per heavy atom. The van der Waals surface area contributed by atoms with Crippen LogP contribution in [-0.4, -0.2) is 13.1 Å². The minimum Gasteiger partial charge on any atom is -0.371 e. The summed E-state index contributed by atoms with van der Waals surface area (Å²) < 4.78 is 0. The number of halogens is 2. The molecule has 1 heterocycles. The van der Waals surface area contributed by atoms with Crippen LogP contribution in [0.3, 0.4) is 0 Å². The van der Waals surface area contributed by atoms with Gasteiger partial charge >= 0.3 is 0 Å². The van der Waals surface area contributed by atoms with Crippen LogP contribution in [0.5, 0.6) is 0 Å². The summed E-state index contributed by atoms with van der Waals surface area (Å²) in [6, 6.07) is 6.66. The number of rotatable bonds is 2. The topological polar surface area (TPSA) is 29.3 Å². The molecule has 1 unspecified atom stereocenters. The van der Waals surface area contributed by atoms with Gasteiger partial charge in [-0.25, -0.2) is 0 Å². The second kappa shape index (κ2) is 7.88. The maximum atomic E-state index is 5.69. The predicted molar refractivity (Wildman–Crippen MR) is 84.2 cm³/mol. The summed E-state index contributed by atoms with van der Waals surface area (Å²) in [6.45, 7) is 7.53. The molecule has 0 bridgehead atoms. The molecule has 2 rings (SSSR count). The van der Waals surface area contributed by atoms with Gasteiger partial charge in [0.25, 0.3) is 0 Å². The Labute approximate surface area is 123 Å². The van der Waals surface area contributed by atoms with E-state index in [1.807, 2.05) is 0 Å². The molecule has 0 amide bonds. The number of hydrogen-bond donors (Lipinski definition) is 1. The molecule has 18 heavy (non-hydrogen) atoms. The normalized spacial score (nSPS) is 18.8. The van der Waals surface area contributed by atoms with Gasteiger partial charge in [0.05, 0.1) is 0 Å². The zero-order valence-electron chi connectivity index (χ0n) is 11.2. The molecule has 1 aliphatic heterocycles. The summed E-state index contributed by atoms with van der Waals surface area (Å²) in [6.07, 6.45) is 2.69. The molecule has 1 saturated heterocycles. The van der Waals surface area contributed by atoms with Crippen LogP contribution in [0, 0.1) is 12.8 Å². The lowest BCUT2D eigenvalue weighted by molar-refractivity contribution is 0.447. The molecule has 0 radical (unpaired) electrons. The number of nitrogens with zero attached hydrogens (tertiary/aromatic N) is 1. The zero-order valence-corrected chi connectivity index (χ0v) is 12.8. The highest BCUT2D eigenvalue weighted by Crippen LogP contribution is 2.24. The molecule has 1 aromatic rings. The first kappa shape index (κ1) is 17.6. The van der Waals surface area contributed by atoms with Gasteiger partial charge in [0, 0.05) is 25.3 Å². The minimum atomic E-state index is 0. The highest BCUT2D eigenvalue weighted by molar-refractivity contribution is 5.85. The average molecular weight is 291 g/mol. The summed E-state index contributed by atoms with van der Waals surface area (Å²) in [5.74, 6) is 0.822. The second-order valence-electron chi connectivity index (χ2n) is 5.01. The highest BCUT2D eigenvalue weighted by Gasteiger charge is 2.16. The van der Waals surface area contributed by atoms with Crippen LogP contribution in [0.25, 0.3) is 0 Å². The number of anilines is 1. The summed E-state index contributed by atoms with van der Waals surface area (Å²) in [4.78, 5) is 2.50. The van der Waals surface area contributed by atoms with Crippen LogP contribution in [0.4, 0.5) is 5.69 Å². The zero-order chi connectivity index (χ0) is 11.5. The van der Waals surface area contributed by atoms with Crippen molar-refractivity contribution in [1.29, 1.82) is 0 Å². The van der Waals surface area contributed by atoms with Crippen molar-refractivity contribution in [3.8, 4) is 0 Å². The Morgan fingerprint density at radius 2 is 2.06 bits per heavy atom. The number of nitrogens with two attached hydrogens (primary N) is 1. The third kappa shape index (κ3) is 4.04. The van der Waals surface area contributed by atoms with Crippen molar-refractivity contribution in [3.63, 3.8) is 0 Å². The van der Waals surface area contributed by atoms with Crippen LogP contribution in [0.15, 0.2) is 18.2 Å². The predicted octanol–water partition coefficient (Wildman–Crippen LogP) is 3.53. The molecule has 2 N–H and O–H groups in total. The Bertz CT molecular complexity index is 369. The fraction of sp³-hybridized carbons (Fsp3) is 0.571. The lowest BCUT2D eigenvalue weighted by Crippen LogP contribution is -2.34. The van der Waals surface area contributed by atoms with Crippen molar-refractivity contribution >= 4 is 30.5 Å². The van der Waals surface area contributed by atoms with Crippen molar-refractivity contribution in [1.82, 2.24) is 0 Å². The Morgan fingerprint density at radius 1 is 1.33 bits per heavy atom. The van der Waals surface area contributed by atoms with Gasteiger partial charge in [-0.1, -0.05) is 13.0 Å². The summed E-state index contributed by atoms with van der Waals surface area (Å²) >= 11 is 0. The molecule has 0 saturated carbocycles. The van der Waals surface area contributed by atoms with Crippen molar-refractivity contribution in [2.45, 2.75) is 33.2 Å². The van der Waals surface area contributed by atoms with Gasteiger partial charge in [-0.05, 0) is 48.9 Å². The van der Waals surface area contributed by atoms with E-state index in [0.717, 1.165) is 5.92 Å². The molecular weight excluding hydrogens is 267 g/mol. The molecule has 104 valence electrons. The fourth-order valence-electron chi connectivity index (χ4n) is 2.53. The first-order valence-electron chi connectivity index (χ1n) is 6.25. The van der Waals surface area contributed by atoms with Crippen LogP contribution in [0.1, 0.15) is 30.9 Å². The third-order valence-corrected chi connectivity index (χ3v) is 3.57. The maximum Gasteiger partial charge on any atom is 0.0369 e. The quantitative estimate of drug-likeness (QED) is 0.903. The van der Waals surface area contributed by atoms with Crippen LogP contribution >= 0.6 is 24.8 Å². The standard InChI is InChI=1S/C14H22N2.2ClH/c1-11-4-3-7-16(10-11)14-6-5-13(9-15)12(2)8-14;;/h5-6,8,11H,3-4,7,9-10,15H2,1-2H3;2*1H. The van der Waals surface area contributed by atoms with Crippen molar-refractivity contribution in [2.24, 2.45) is 11.7 Å². The van der Waals surface area contributed by atoms with E-state index in [1.54, 1.807) is 0 Å². The second-order valence-corrected chi connectivity index (χ2v) is 5.01. The smallest absolute Gasteiger partial charge is 0.0369 e. The molecule has 1 fully saturated rings. The summed E-state index contributed by atoms with van der Waals surface area (Å²) in [7, 11) is 0. The van der Waals surface area contributed by atoms with E-state index in [9.17, 15) is 0 Å². The lowest BCUT2D eigenvalue weighted by Gasteiger charge is -2.33. The van der Waals surface area contributed by atoms with Crippen molar-refractivity contribution < 1.29 is 0 Å². The highest BCUT2D eigenvalue weighted by atomic mass is 35.5. The molecule has 4 heteroatoms. The Hall–Kier alpha value is -0.440. The minimum absolute atomic E-state index is 0. The third-order valence-electron chi connectivity index (χ3n) is 3.57. The van der Waals surface area contributed by atoms with Crippen LogP contribution in [0.2, 0.25) is 0 Å². The van der Waals surface area contributed by atoms with Crippen LogP contribution in [-0.2, 0) is 6.54 Å². The molecule has 0 aliphatic carbocycles. The van der Waals surface area contributed by atoms with E-state index < -0.39 is 0 Å². The molecule has 1 atom stereocenters. The van der Waals surface area contributed by atoms with Gasteiger partial charge in [0.15, 0.2) is 0 Å².